The third-order valence-corrected chi connectivity index (χ3v) is 4.96. The van der Waals surface area contributed by atoms with E-state index in [1.165, 1.54) is 0 Å². The highest BCUT2D eigenvalue weighted by molar-refractivity contribution is 5.77. The van der Waals surface area contributed by atoms with Gasteiger partial charge in [-0.05, 0) is 25.1 Å². The Hall–Kier alpha value is -3.46. The van der Waals surface area contributed by atoms with Gasteiger partial charge in [0.1, 0.15) is 24.4 Å². The largest absolute Gasteiger partial charge is 0.497 e. The monoisotopic (exact) mass is 392 g/mol. The van der Waals surface area contributed by atoms with Gasteiger partial charge in [0.15, 0.2) is 0 Å². The third kappa shape index (κ3) is 2.90. The number of fused-ring (bicyclic) bond motifs is 5. The maximum absolute atomic E-state index is 5.44. The average molecular weight is 392 g/mol. The number of rotatable bonds is 5. The van der Waals surface area contributed by atoms with Gasteiger partial charge < -0.3 is 18.6 Å². The molecule has 5 rings (SSSR count). The van der Waals surface area contributed by atoms with Crippen LogP contribution in [0.4, 0.5) is 0 Å². The fourth-order valence-corrected chi connectivity index (χ4v) is 3.65. The molecule has 0 aliphatic carbocycles. The average Bonchev–Trinajstić information content (AvgIpc) is 3.43. The summed E-state index contributed by atoms with van der Waals surface area (Å²) in [5, 5.41) is 8.80. The van der Waals surface area contributed by atoms with Crippen LogP contribution in [0.25, 0.3) is 28.5 Å². The molecule has 29 heavy (non-hydrogen) atoms. The minimum atomic E-state index is 0.287. The molecule has 9 nitrogen and oxygen atoms in total. The van der Waals surface area contributed by atoms with Crippen molar-refractivity contribution in [3.8, 4) is 34.2 Å². The topological polar surface area (TPSA) is 93.0 Å². The van der Waals surface area contributed by atoms with Crippen molar-refractivity contribution in [3.63, 3.8) is 0 Å². The molecule has 0 amide bonds. The Morgan fingerprint density at radius 1 is 1.24 bits per heavy atom. The first-order valence-corrected chi connectivity index (χ1v) is 9.36. The van der Waals surface area contributed by atoms with Crippen LogP contribution in [0.1, 0.15) is 24.1 Å². The van der Waals surface area contributed by atoms with E-state index < -0.39 is 0 Å². The number of nitrogens with zero attached hydrogens (tertiary/aromatic N) is 6. The minimum absolute atomic E-state index is 0.287. The van der Waals surface area contributed by atoms with Crippen LogP contribution in [-0.4, -0.2) is 43.2 Å². The Morgan fingerprint density at radius 2 is 2.14 bits per heavy atom. The summed E-state index contributed by atoms with van der Waals surface area (Å²) in [6, 6.07) is 5.96. The van der Waals surface area contributed by atoms with Crippen molar-refractivity contribution in [1.82, 2.24) is 29.5 Å². The number of imidazole rings is 1. The summed E-state index contributed by atoms with van der Waals surface area (Å²) in [6.07, 6.45) is 4.47. The van der Waals surface area contributed by atoms with Crippen LogP contribution in [0, 0.1) is 0 Å². The van der Waals surface area contributed by atoms with Gasteiger partial charge in [-0.25, -0.2) is 4.98 Å². The summed E-state index contributed by atoms with van der Waals surface area (Å²) >= 11 is 0. The maximum Gasteiger partial charge on any atom is 0.253 e. The molecule has 1 aliphatic rings. The Kier molecular flexibility index (Phi) is 4.17. The molecule has 148 valence electrons. The standard InChI is InChI=1S/C20H20N6O3/c1-4-28-10-17-22-20(24-29-17)19-16-7-12-9-25(2)23-18(12)14-8-13(27-3)5-6-15(14)26(16)11-21-19/h5-6,8-9,11H,4,7,10H2,1-3H3. The highest BCUT2D eigenvalue weighted by Gasteiger charge is 2.27. The first-order chi connectivity index (χ1) is 14.2. The summed E-state index contributed by atoms with van der Waals surface area (Å²) < 4.78 is 20.0. The predicted molar refractivity (Wildman–Crippen MR) is 104 cm³/mol. The normalized spacial score (nSPS) is 12.2. The van der Waals surface area contributed by atoms with Crippen LogP contribution < -0.4 is 4.74 Å². The quantitative estimate of drug-likeness (QED) is 0.454. The Bertz CT molecular complexity index is 1190. The Balaban J connectivity index is 1.66. The first kappa shape index (κ1) is 17.6. The number of hydrogen-bond donors (Lipinski definition) is 0. The second kappa shape index (κ2) is 6.85. The van der Waals surface area contributed by atoms with Crippen molar-refractivity contribution in [2.75, 3.05) is 13.7 Å². The fraction of sp³-hybridized carbons (Fsp3) is 0.300. The maximum atomic E-state index is 5.44. The second-order valence-electron chi connectivity index (χ2n) is 6.80. The van der Waals surface area contributed by atoms with Crippen molar-refractivity contribution >= 4 is 0 Å². The molecule has 4 aromatic rings. The molecule has 0 N–H and O–H groups in total. The number of aryl methyl sites for hydroxylation is 1. The van der Waals surface area contributed by atoms with Crippen LogP contribution in [-0.2, 0) is 24.8 Å². The minimum Gasteiger partial charge on any atom is -0.497 e. The van der Waals surface area contributed by atoms with Gasteiger partial charge in [-0.15, -0.1) is 0 Å². The zero-order valence-corrected chi connectivity index (χ0v) is 16.4. The molecule has 0 fully saturated rings. The van der Waals surface area contributed by atoms with Crippen LogP contribution in [0.2, 0.25) is 0 Å². The van der Waals surface area contributed by atoms with Gasteiger partial charge in [0.05, 0.1) is 24.2 Å². The van der Waals surface area contributed by atoms with Crippen molar-refractivity contribution < 1.29 is 14.0 Å². The summed E-state index contributed by atoms with van der Waals surface area (Å²) in [7, 11) is 3.58. The van der Waals surface area contributed by atoms with Gasteiger partial charge in [0, 0.05) is 37.4 Å². The van der Waals surface area contributed by atoms with E-state index in [-0.39, 0.29) is 6.61 Å². The molecular formula is C20H20N6O3. The molecule has 3 aromatic heterocycles. The fourth-order valence-electron chi connectivity index (χ4n) is 3.65. The van der Waals surface area contributed by atoms with Gasteiger partial charge >= 0.3 is 0 Å². The molecule has 0 radical (unpaired) electrons. The molecule has 4 heterocycles. The van der Waals surface area contributed by atoms with Gasteiger partial charge in [-0.3, -0.25) is 4.68 Å². The molecule has 0 unspecified atom stereocenters. The van der Waals surface area contributed by atoms with Gasteiger partial charge in [0.25, 0.3) is 5.89 Å². The molecule has 0 saturated heterocycles. The molecule has 0 saturated carbocycles. The molecular weight excluding hydrogens is 372 g/mol. The van der Waals surface area contributed by atoms with Crippen LogP contribution in [0.5, 0.6) is 5.75 Å². The van der Waals surface area contributed by atoms with E-state index in [0.29, 0.717) is 30.4 Å². The lowest BCUT2D eigenvalue weighted by Crippen LogP contribution is -2.01. The van der Waals surface area contributed by atoms with E-state index in [9.17, 15) is 0 Å². The number of benzene rings is 1. The SMILES string of the molecule is CCOCc1nc(-c2ncn3c2Cc2cn(C)nc2-c2cc(OC)ccc2-3)no1. The Morgan fingerprint density at radius 3 is 2.97 bits per heavy atom. The van der Waals surface area contributed by atoms with E-state index >= 15 is 0 Å². The van der Waals surface area contributed by atoms with Gasteiger partial charge in [-0.2, -0.15) is 10.1 Å². The smallest absolute Gasteiger partial charge is 0.253 e. The van der Waals surface area contributed by atoms with Crippen molar-refractivity contribution in [2.24, 2.45) is 7.05 Å². The predicted octanol–water partition coefficient (Wildman–Crippen LogP) is 2.77. The summed E-state index contributed by atoms with van der Waals surface area (Å²) in [5.74, 6) is 1.67. The number of hydrogen-bond acceptors (Lipinski definition) is 7. The molecule has 0 bridgehead atoms. The lowest BCUT2D eigenvalue weighted by molar-refractivity contribution is 0.109. The van der Waals surface area contributed by atoms with Crippen LogP contribution >= 0.6 is 0 Å². The van der Waals surface area contributed by atoms with Gasteiger partial charge in [-0.1, -0.05) is 5.16 Å². The highest BCUT2D eigenvalue weighted by atomic mass is 16.5. The van der Waals surface area contributed by atoms with Gasteiger partial charge in [0.2, 0.25) is 5.82 Å². The molecule has 9 heteroatoms. The lowest BCUT2D eigenvalue weighted by Gasteiger charge is -2.11. The molecule has 0 spiro atoms. The zero-order chi connectivity index (χ0) is 20.0. The summed E-state index contributed by atoms with van der Waals surface area (Å²) in [5.41, 5.74) is 5.67. The second-order valence-corrected chi connectivity index (χ2v) is 6.80. The molecule has 1 aliphatic heterocycles. The zero-order valence-electron chi connectivity index (χ0n) is 16.4. The number of methoxy groups -OCH3 is 1. The summed E-state index contributed by atoms with van der Waals surface area (Å²) in [6.45, 7) is 2.79. The van der Waals surface area contributed by atoms with E-state index in [2.05, 4.69) is 19.7 Å². The van der Waals surface area contributed by atoms with Crippen LogP contribution in [0.3, 0.4) is 0 Å². The van der Waals surface area contributed by atoms with Crippen molar-refractivity contribution in [3.05, 3.63) is 47.9 Å². The highest BCUT2D eigenvalue weighted by Crippen LogP contribution is 2.38. The van der Waals surface area contributed by atoms with Crippen molar-refractivity contribution in [2.45, 2.75) is 20.0 Å². The van der Waals surface area contributed by atoms with E-state index in [0.717, 1.165) is 34.0 Å². The lowest BCUT2D eigenvalue weighted by atomic mass is 10.0. The first-order valence-electron chi connectivity index (χ1n) is 9.36. The molecule has 0 atom stereocenters. The van der Waals surface area contributed by atoms with Crippen molar-refractivity contribution in [1.29, 1.82) is 0 Å². The van der Waals surface area contributed by atoms with E-state index in [1.807, 2.05) is 43.0 Å². The summed E-state index contributed by atoms with van der Waals surface area (Å²) in [4.78, 5) is 9.06. The third-order valence-electron chi connectivity index (χ3n) is 4.96. The number of aromatic nitrogens is 6. The number of ether oxygens (including phenoxy) is 2. The van der Waals surface area contributed by atoms with E-state index in [4.69, 9.17) is 19.1 Å². The van der Waals surface area contributed by atoms with E-state index in [1.54, 1.807) is 13.4 Å². The molecule has 1 aromatic carbocycles. The van der Waals surface area contributed by atoms with Crippen LogP contribution in [0.15, 0.2) is 35.2 Å². The Labute approximate surface area is 166 Å².